The van der Waals surface area contributed by atoms with Gasteiger partial charge in [0.05, 0.1) is 28.7 Å². The summed E-state index contributed by atoms with van der Waals surface area (Å²) in [5.41, 5.74) is 5.88. The Morgan fingerprint density at radius 2 is 1.07 bits per heavy atom. The van der Waals surface area contributed by atoms with E-state index in [2.05, 4.69) is 108 Å². The monoisotopic (exact) mass is 510 g/mol. The van der Waals surface area contributed by atoms with Crippen molar-refractivity contribution in [2.75, 3.05) is 4.90 Å². The second kappa shape index (κ2) is 8.73. The lowest BCUT2D eigenvalue weighted by Gasteiger charge is -2.35. The highest BCUT2D eigenvalue weighted by molar-refractivity contribution is 6.25. The first-order valence-corrected chi connectivity index (χ1v) is 13.3. The van der Waals surface area contributed by atoms with Gasteiger partial charge in [0, 0.05) is 10.9 Å². The minimum Gasteiger partial charge on any atom is -0.453 e. The molecule has 7 aromatic rings. The van der Waals surface area contributed by atoms with Crippen molar-refractivity contribution in [3.63, 3.8) is 0 Å². The molecule has 0 saturated heterocycles. The Balaban J connectivity index is 1.61. The van der Waals surface area contributed by atoms with E-state index >= 15 is 0 Å². The minimum atomic E-state index is 0.642. The van der Waals surface area contributed by atoms with Crippen LogP contribution >= 0.6 is 0 Å². The predicted molar refractivity (Wildman–Crippen MR) is 164 cm³/mol. The van der Waals surface area contributed by atoms with Crippen LogP contribution in [-0.4, -0.2) is 0 Å². The molecule has 0 unspecified atom stereocenters. The molecule has 3 nitrogen and oxygen atoms in total. The summed E-state index contributed by atoms with van der Waals surface area (Å²) >= 11 is 0. The molecular weight excluding hydrogens is 488 g/mol. The number of para-hydroxylation sites is 4. The molecule has 186 valence electrons. The fourth-order valence-electron chi connectivity index (χ4n) is 6.04. The van der Waals surface area contributed by atoms with Gasteiger partial charge in [-0.2, -0.15) is 5.26 Å². The van der Waals surface area contributed by atoms with Gasteiger partial charge >= 0.3 is 0 Å². The van der Waals surface area contributed by atoms with Gasteiger partial charge in [-0.3, -0.25) is 0 Å². The summed E-state index contributed by atoms with van der Waals surface area (Å²) in [5.74, 6) is 1.63. The Labute approximate surface area is 231 Å². The molecule has 0 fully saturated rings. The standard InChI is InChI=1S/C37H22N2O/c38-23-24-17-19-25(20-18-24)36-29-12-4-3-11-28(29)30-21-26-9-1-2-10-27(26)22-31(30)37(36)39-32-13-5-7-15-34(32)40-35-16-8-6-14-33(35)39/h1-22H. The third kappa shape index (κ3) is 3.30. The first-order valence-electron chi connectivity index (χ1n) is 13.3. The number of nitriles is 1. The topological polar surface area (TPSA) is 36.3 Å². The summed E-state index contributed by atoms with van der Waals surface area (Å²) in [6.45, 7) is 0. The molecule has 0 atom stereocenters. The first kappa shape index (κ1) is 22.4. The van der Waals surface area contributed by atoms with E-state index < -0.39 is 0 Å². The summed E-state index contributed by atoms with van der Waals surface area (Å²) < 4.78 is 6.40. The third-order valence-electron chi connectivity index (χ3n) is 7.82. The normalized spacial score (nSPS) is 12.1. The van der Waals surface area contributed by atoms with E-state index in [1.165, 1.54) is 21.5 Å². The fourth-order valence-corrected chi connectivity index (χ4v) is 6.04. The summed E-state index contributed by atoms with van der Waals surface area (Å²) in [6.07, 6.45) is 0. The summed E-state index contributed by atoms with van der Waals surface area (Å²) in [4.78, 5) is 2.35. The van der Waals surface area contributed by atoms with Crippen molar-refractivity contribution in [2.45, 2.75) is 0 Å². The maximum atomic E-state index is 9.52. The van der Waals surface area contributed by atoms with Gasteiger partial charge in [0.15, 0.2) is 11.5 Å². The van der Waals surface area contributed by atoms with E-state index in [9.17, 15) is 5.26 Å². The van der Waals surface area contributed by atoms with Gasteiger partial charge in [0.25, 0.3) is 0 Å². The number of anilines is 3. The molecule has 0 amide bonds. The van der Waals surface area contributed by atoms with Crippen LogP contribution in [0.15, 0.2) is 133 Å². The van der Waals surface area contributed by atoms with Crippen molar-refractivity contribution in [3.8, 4) is 28.7 Å². The van der Waals surface area contributed by atoms with Crippen LogP contribution < -0.4 is 9.64 Å². The molecule has 40 heavy (non-hydrogen) atoms. The number of fused-ring (bicyclic) bond motifs is 6. The Bertz CT molecular complexity index is 2110. The third-order valence-corrected chi connectivity index (χ3v) is 7.82. The highest BCUT2D eigenvalue weighted by Crippen LogP contribution is 2.56. The van der Waals surface area contributed by atoms with Crippen LogP contribution in [0.25, 0.3) is 43.4 Å². The average Bonchev–Trinajstić information content (AvgIpc) is 3.02. The van der Waals surface area contributed by atoms with Gasteiger partial charge in [-0.25, -0.2) is 0 Å². The molecule has 0 aliphatic carbocycles. The van der Waals surface area contributed by atoms with Crippen LogP contribution in [0.3, 0.4) is 0 Å². The van der Waals surface area contributed by atoms with Crippen LogP contribution in [-0.2, 0) is 0 Å². The molecule has 7 aromatic carbocycles. The molecule has 0 N–H and O–H groups in total. The van der Waals surface area contributed by atoms with Crippen LogP contribution in [0, 0.1) is 11.3 Å². The van der Waals surface area contributed by atoms with E-state index in [0.29, 0.717) is 5.56 Å². The quantitative estimate of drug-likeness (QED) is 0.171. The average molecular weight is 511 g/mol. The summed E-state index contributed by atoms with van der Waals surface area (Å²) in [5, 5.41) is 16.6. The first-order chi connectivity index (χ1) is 19.8. The molecule has 1 heterocycles. The van der Waals surface area contributed by atoms with Gasteiger partial charge in [0.1, 0.15) is 0 Å². The molecule has 3 heteroatoms. The Morgan fingerprint density at radius 3 is 1.73 bits per heavy atom. The lowest BCUT2D eigenvalue weighted by atomic mass is 9.88. The zero-order valence-electron chi connectivity index (χ0n) is 21.5. The van der Waals surface area contributed by atoms with E-state index in [1.54, 1.807) is 0 Å². The van der Waals surface area contributed by atoms with Gasteiger partial charge < -0.3 is 9.64 Å². The SMILES string of the molecule is N#Cc1ccc(-c2c(N3c4ccccc4Oc4ccccc43)c3cc4ccccc4cc3c3ccccc23)cc1. The van der Waals surface area contributed by atoms with E-state index in [0.717, 1.165) is 50.5 Å². The van der Waals surface area contributed by atoms with E-state index in [-0.39, 0.29) is 0 Å². The molecule has 8 rings (SSSR count). The predicted octanol–water partition coefficient (Wildman–Crippen LogP) is 10.3. The van der Waals surface area contributed by atoms with E-state index in [1.807, 2.05) is 36.4 Å². The Morgan fingerprint density at radius 1 is 0.525 bits per heavy atom. The number of hydrogen-bond acceptors (Lipinski definition) is 3. The molecule has 0 bridgehead atoms. The molecule has 1 aliphatic rings. The second-order valence-corrected chi connectivity index (χ2v) is 10.1. The molecule has 0 aromatic heterocycles. The van der Waals surface area contributed by atoms with Crippen molar-refractivity contribution >= 4 is 49.4 Å². The van der Waals surface area contributed by atoms with Crippen LogP contribution in [0.2, 0.25) is 0 Å². The minimum absolute atomic E-state index is 0.642. The number of ether oxygens (including phenoxy) is 1. The maximum absolute atomic E-state index is 9.52. The fraction of sp³-hybridized carbons (Fsp3) is 0. The zero-order valence-corrected chi connectivity index (χ0v) is 21.5. The van der Waals surface area contributed by atoms with Crippen molar-refractivity contribution in [3.05, 3.63) is 139 Å². The zero-order chi connectivity index (χ0) is 26.6. The van der Waals surface area contributed by atoms with Gasteiger partial charge in [-0.05, 0) is 81.0 Å². The van der Waals surface area contributed by atoms with Gasteiger partial charge in [-0.1, -0.05) is 84.9 Å². The number of benzene rings is 7. The van der Waals surface area contributed by atoms with Crippen LogP contribution in [0.4, 0.5) is 17.1 Å². The van der Waals surface area contributed by atoms with Crippen molar-refractivity contribution in [2.24, 2.45) is 0 Å². The largest absolute Gasteiger partial charge is 0.453 e. The molecule has 1 aliphatic heterocycles. The molecule has 0 saturated carbocycles. The highest BCUT2D eigenvalue weighted by Gasteiger charge is 2.30. The molecule has 0 radical (unpaired) electrons. The van der Waals surface area contributed by atoms with Crippen molar-refractivity contribution in [1.82, 2.24) is 0 Å². The molecule has 0 spiro atoms. The highest BCUT2D eigenvalue weighted by atomic mass is 16.5. The molecular formula is C37H22N2O. The summed E-state index contributed by atoms with van der Waals surface area (Å²) in [7, 11) is 0. The summed E-state index contributed by atoms with van der Waals surface area (Å²) in [6, 6.07) is 48.5. The lowest BCUT2D eigenvalue weighted by molar-refractivity contribution is 0.477. The Hall–Kier alpha value is -5.59. The van der Waals surface area contributed by atoms with Crippen molar-refractivity contribution in [1.29, 1.82) is 5.26 Å². The van der Waals surface area contributed by atoms with Crippen LogP contribution in [0.1, 0.15) is 5.56 Å². The van der Waals surface area contributed by atoms with E-state index in [4.69, 9.17) is 4.74 Å². The van der Waals surface area contributed by atoms with Crippen molar-refractivity contribution < 1.29 is 4.74 Å². The number of nitrogens with zero attached hydrogens (tertiary/aromatic N) is 2. The lowest BCUT2D eigenvalue weighted by Crippen LogP contribution is -2.17. The number of rotatable bonds is 2. The van der Waals surface area contributed by atoms with Gasteiger partial charge in [0.2, 0.25) is 0 Å². The Kier molecular flexibility index (Phi) is 4.89. The maximum Gasteiger partial charge on any atom is 0.151 e. The second-order valence-electron chi connectivity index (χ2n) is 10.1. The number of hydrogen-bond donors (Lipinski definition) is 0. The van der Waals surface area contributed by atoms with Crippen LogP contribution in [0.5, 0.6) is 11.5 Å². The smallest absolute Gasteiger partial charge is 0.151 e. The van der Waals surface area contributed by atoms with Gasteiger partial charge in [-0.15, -0.1) is 0 Å².